The molecule has 0 spiro atoms. The standard InChI is InChI=1S/C41H71N3O/c1-31(15-13-18-32-16-9-8-10-17-32)35-19-20-36-39-37(22-24-41(35,36)3)40(2)23-21-34(29-33(40)30-38(39)45)44-28-12-7-5-4-6-11-26-43-27-14-25-42/h8-10,16-17,31,33-39,43-45H,4-7,11-15,18-30,42H2,1-3H3/t31-,33-,34+,35-,36?,37?,38+,39?,40+,41-/m1/s1. The van der Waals surface area contributed by atoms with Gasteiger partial charge in [-0.15, -0.1) is 0 Å². The highest BCUT2D eigenvalue weighted by Gasteiger charge is 2.62. The fraction of sp³-hybridized carbons (Fsp3) is 0.854. The lowest BCUT2D eigenvalue weighted by Crippen LogP contribution is -2.59. The molecule has 0 aromatic heterocycles. The normalized spacial score (nSPS) is 36.7. The molecule has 5 rings (SSSR count). The fourth-order valence-corrected chi connectivity index (χ4v) is 11.6. The predicted octanol–water partition coefficient (Wildman–Crippen LogP) is 8.51. The Morgan fingerprint density at radius 3 is 2.27 bits per heavy atom. The topological polar surface area (TPSA) is 70.3 Å². The summed E-state index contributed by atoms with van der Waals surface area (Å²) >= 11 is 0. The van der Waals surface area contributed by atoms with Gasteiger partial charge in [0.25, 0.3) is 0 Å². The van der Waals surface area contributed by atoms with Crippen LogP contribution in [0.25, 0.3) is 0 Å². The smallest absolute Gasteiger partial charge is 0.0577 e. The number of rotatable bonds is 18. The van der Waals surface area contributed by atoms with Crippen LogP contribution in [0.5, 0.6) is 0 Å². The zero-order chi connectivity index (χ0) is 31.7. The molecule has 10 atom stereocenters. The average molecular weight is 622 g/mol. The molecule has 5 N–H and O–H groups in total. The molecule has 0 radical (unpaired) electrons. The van der Waals surface area contributed by atoms with Crippen LogP contribution in [0.1, 0.15) is 135 Å². The number of fused-ring (bicyclic) bond motifs is 5. The number of aliphatic hydroxyl groups is 1. The van der Waals surface area contributed by atoms with E-state index in [2.05, 4.69) is 61.7 Å². The highest BCUT2D eigenvalue weighted by Crippen LogP contribution is 2.68. The van der Waals surface area contributed by atoms with Crippen molar-refractivity contribution in [3.63, 3.8) is 0 Å². The molecule has 1 aromatic carbocycles. The highest BCUT2D eigenvalue weighted by molar-refractivity contribution is 5.15. The number of aryl methyl sites for hydroxylation is 1. The minimum atomic E-state index is -0.0838. The molecule has 4 heteroatoms. The molecule has 1 aromatic rings. The summed E-state index contributed by atoms with van der Waals surface area (Å²) in [5.74, 6) is 4.32. The Morgan fingerprint density at radius 2 is 1.49 bits per heavy atom. The maximum absolute atomic E-state index is 11.9. The van der Waals surface area contributed by atoms with Gasteiger partial charge in [-0.1, -0.05) is 83.2 Å². The fourth-order valence-electron chi connectivity index (χ4n) is 11.6. The SMILES string of the molecule is C[C@H](CCCc1ccccc1)[C@H]1CCC2C3C(CC[C@@]21C)[C@@]1(C)CC[C@H](NCCCCCCCCNCCCN)C[C@@H]1C[C@@H]3O. The lowest BCUT2D eigenvalue weighted by Gasteiger charge is -2.62. The van der Waals surface area contributed by atoms with Crippen LogP contribution in [0.3, 0.4) is 0 Å². The van der Waals surface area contributed by atoms with Gasteiger partial charge in [-0.2, -0.15) is 0 Å². The molecule has 0 bridgehead atoms. The minimum absolute atomic E-state index is 0.0838. The van der Waals surface area contributed by atoms with Gasteiger partial charge in [0.15, 0.2) is 0 Å². The Morgan fingerprint density at radius 1 is 0.800 bits per heavy atom. The monoisotopic (exact) mass is 622 g/mol. The van der Waals surface area contributed by atoms with Crippen molar-refractivity contribution < 1.29 is 5.11 Å². The van der Waals surface area contributed by atoms with Crippen molar-refractivity contribution in [2.75, 3.05) is 26.2 Å². The van der Waals surface area contributed by atoms with E-state index in [-0.39, 0.29) is 6.10 Å². The van der Waals surface area contributed by atoms with Gasteiger partial charge >= 0.3 is 0 Å². The van der Waals surface area contributed by atoms with Crippen molar-refractivity contribution in [3.05, 3.63) is 35.9 Å². The maximum Gasteiger partial charge on any atom is 0.0577 e. The zero-order valence-electron chi connectivity index (χ0n) is 29.6. The Hall–Kier alpha value is -0.940. The van der Waals surface area contributed by atoms with Crippen LogP contribution in [-0.2, 0) is 6.42 Å². The quantitative estimate of drug-likeness (QED) is 0.124. The van der Waals surface area contributed by atoms with E-state index in [1.165, 1.54) is 115 Å². The number of unbranched alkanes of at least 4 members (excludes halogenated alkanes) is 5. The molecule has 0 heterocycles. The molecule has 256 valence electrons. The van der Waals surface area contributed by atoms with E-state index >= 15 is 0 Å². The second-order valence-corrected chi connectivity index (χ2v) is 16.8. The summed E-state index contributed by atoms with van der Waals surface area (Å²) in [5.41, 5.74) is 7.91. The van der Waals surface area contributed by atoms with Crippen LogP contribution >= 0.6 is 0 Å². The molecule has 4 nitrogen and oxygen atoms in total. The second kappa shape index (κ2) is 16.9. The van der Waals surface area contributed by atoms with Crippen molar-refractivity contribution >= 4 is 0 Å². The Bertz CT molecular complexity index is 986. The number of hydrogen-bond donors (Lipinski definition) is 4. The third-order valence-electron chi connectivity index (χ3n) is 14.2. The van der Waals surface area contributed by atoms with Gasteiger partial charge in [0, 0.05) is 6.04 Å². The average Bonchev–Trinajstić information content (AvgIpc) is 3.40. The first kappa shape index (κ1) is 35.4. The highest BCUT2D eigenvalue weighted by atomic mass is 16.3. The van der Waals surface area contributed by atoms with Gasteiger partial charge in [0.1, 0.15) is 0 Å². The van der Waals surface area contributed by atoms with Crippen LogP contribution < -0.4 is 16.4 Å². The maximum atomic E-state index is 11.9. The molecule has 45 heavy (non-hydrogen) atoms. The summed E-state index contributed by atoms with van der Waals surface area (Å²) in [4.78, 5) is 0. The van der Waals surface area contributed by atoms with Gasteiger partial charge in [0.05, 0.1) is 6.10 Å². The summed E-state index contributed by atoms with van der Waals surface area (Å²) in [5, 5.41) is 19.3. The van der Waals surface area contributed by atoms with Crippen molar-refractivity contribution in [1.82, 2.24) is 10.6 Å². The number of nitrogens with one attached hydrogen (secondary N) is 2. The van der Waals surface area contributed by atoms with Crippen molar-refractivity contribution in [2.24, 2.45) is 52.1 Å². The molecule has 0 saturated heterocycles. The molecule has 4 fully saturated rings. The van der Waals surface area contributed by atoms with Gasteiger partial charge < -0.3 is 21.5 Å². The molecule has 4 aliphatic carbocycles. The molecule has 0 aliphatic heterocycles. The van der Waals surface area contributed by atoms with Crippen molar-refractivity contribution in [2.45, 2.75) is 148 Å². The second-order valence-electron chi connectivity index (χ2n) is 16.8. The Balaban J connectivity index is 1.04. The zero-order valence-corrected chi connectivity index (χ0v) is 29.6. The molecule has 3 unspecified atom stereocenters. The summed E-state index contributed by atoms with van der Waals surface area (Å²) in [6, 6.07) is 11.7. The van der Waals surface area contributed by atoms with E-state index in [4.69, 9.17) is 5.73 Å². The first-order valence-corrected chi connectivity index (χ1v) is 19.7. The summed E-state index contributed by atoms with van der Waals surface area (Å²) < 4.78 is 0. The van der Waals surface area contributed by atoms with Crippen molar-refractivity contribution in [1.29, 1.82) is 0 Å². The third-order valence-corrected chi connectivity index (χ3v) is 14.2. The lowest BCUT2D eigenvalue weighted by molar-refractivity contribution is -0.167. The van der Waals surface area contributed by atoms with Crippen molar-refractivity contribution in [3.8, 4) is 0 Å². The summed E-state index contributed by atoms with van der Waals surface area (Å²) in [6.07, 6.45) is 23.5. The van der Waals surface area contributed by atoms with E-state index in [1.54, 1.807) is 0 Å². The number of benzene rings is 1. The molecule has 0 amide bonds. The predicted molar refractivity (Wildman–Crippen MR) is 191 cm³/mol. The Labute approximate surface area is 277 Å². The van der Waals surface area contributed by atoms with Crippen LogP contribution in [0, 0.1) is 46.3 Å². The largest absolute Gasteiger partial charge is 0.393 e. The molecular weight excluding hydrogens is 550 g/mol. The summed E-state index contributed by atoms with van der Waals surface area (Å²) in [6.45, 7) is 12.1. The van der Waals surface area contributed by atoms with Crippen LogP contribution in [0.2, 0.25) is 0 Å². The van der Waals surface area contributed by atoms with Crippen LogP contribution in [0.15, 0.2) is 30.3 Å². The lowest BCUT2D eigenvalue weighted by atomic mass is 9.43. The van der Waals surface area contributed by atoms with Gasteiger partial charge in [-0.3, -0.25) is 0 Å². The van der Waals surface area contributed by atoms with E-state index in [1.807, 2.05) is 0 Å². The van der Waals surface area contributed by atoms with E-state index < -0.39 is 0 Å². The number of nitrogens with two attached hydrogens (primary N) is 1. The number of aliphatic hydroxyl groups excluding tert-OH is 1. The van der Waals surface area contributed by atoms with Gasteiger partial charge in [-0.05, 0) is 162 Å². The summed E-state index contributed by atoms with van der Waals surface area (Å²) in [7, 11) is 0. The van der Waals surface area contributed by atoms with Gasteiger partial charge in [-0.25, -0.2) is 0 Å². The van der Waals surface area contributed by atoms with Crippen LogP contribution in [-0.4, -0.2) is 43.4 Å². The third kappa shape index (κ3) is 8.57. The molecular formula is C41H71N3O. The van der Waals surface area contributed by atoms with E-state index in [9.17, 15) is 5.11 Å². The Kier molecular flexibility index (Phi) is 13.3. The van der Waals surface area contributed by atoms with Gasteiger partial charge in [0.2, 0.25) is 0 Å². The van der Waals surface area contributed by atoms with E-state index in [0.717, 1.165) is 56.1 Å². The first-order valence-electron chi connectivity index (χ1n) is 19.7. The molecule has 4 saturated carbocycles. The van der Waals surface area contributed by atoms with E-state index in [0.29, 0.717) is 28.7 Å². The molecule has 4 aliphatic rings. The van der Waals surface area contributed by atoms with Crippen LogP contribution in [0.4, 0.5) is 0 Å². The first-order chi connectivity index (χ1) is 21.9. The minimum Gasteiger partial charge on any atom is -0.393 e. The number of hydrogen-bond acceptors (Lipinski definition) is 4.